The van der Waals surface area contributed by atoms with Crippen LogP contribution in [0.2, 0.25) is 0 Å². The number of rotatable bonds is 4. The number of amides is 1. The van der Waals surface area contributed by atoms with E-state index in [2.05, 4.69) is 0 Å². The van der Waals surface area contributed by atoms with Crippen LogP contribution in [0.4, 0.5) is 0 Å². The van der Waals surface area contributed by atoms with Crippen molar-refractivity contribution in [2.45, 2.75) is 24.7 Å². The second-order valence-corrected chi connectivity index (χ2v) is 5.89. The quantitative estimate of drug-likeness (QED) is 0.634. The molecular weight excluding hydrogens is 286 g/mol. The molecule has 114 valence electrons. The molecule has 1 aliphatic rings. The van der Waals surface area contributed by atoms with E-state index in [4.69, 9.17) is 4.74 Å². The molecule has 1 fully saturated rings. The van der Waals surface area contributed by atoms with Crippen LogP contribution in [0.25, 0.3) is 0 Å². The predicted octanol–water partition coefficient (Wildman–Crippen LogP) is 2.82. The first-order valence-corrected chi connectivity index (χ1v) is 8.48. The van der Waals surface area contributed by atoms with E-state index in [1.807, 2.05) is 30.5 Å². The Hall–Kier alpha value is -1.49. The Balaban J connectivity index is 2.10. The average molecular weight is 307 g/mol. The molecule has 21 heavy (non-hydrogen) atoms. The van der Waals surface area contributed by atoms with Gasteiger partial charge in [-0.3, -0.25) is 9.59 Å². The largest absolute Gasteiger partial charge is 0.466 e. The maximum atomic E-state index is 12.7. The average Bonchev–Trinajstić information content (AvgIpc) is 2.54. The van der Waals surface area contributed by atoms with E-state index in [1.54, 1.807) is 23.6 Å². The topological polar surface area (TPSA) is 46.6 Å². The second-order valence-electron chi connectivity index (χ2n) is 5.04. The number of hydrogen-bond acceptors (Lipinski definition) is 4. The summed E-state index contributed by atoms with van der Waals surface area (Å²) in [6.07, 6.45) is 3.60. The van der Waals surface area contributed by atoms with E-state index >= 15 is 0 Å². The van der Waals surface area contributed by atoms with Crippen LogP contribution in [0, 0.1) is 5.92 Å². The standard InChI is InChI=1S/C16H21NO3S/c1-3-20-16(19)12-7-6-10-17(11-12)15(18)13-8-4-5-9-14(13)21-2/h4-5,8-9,12H,3,6-7,10-11H2,1-2H3/t12-/m0/s1. The Labute approximate surface area is 129 Å². The molecule has 0 unspecified atom stereocenters. The summed E-state index contributed by atoms with van der Waals surface area (Å²) in [6, 6.07) is 7.60. The fourth-order valence-electron chi connectivity index (χ4n) is 2.61. The normalized spacial score (nSPS) is 18.4. The fraction of sp³-hybridized carbons (Fsp3) is 0.500. The van der Waals surface area contributed by atoms with Crippen molar-refractivity contribution in [2.24, 2.45) is 5.92 Å². The van der Waals surface area contributed by atoms with Gasteiger partial charge >= 0.3 is 5.97 Å². The van der Waals surface area contributed by atoms with Gasteiger partial charge in [0.1, 0.15) is 0 Å². The third kappa shape index (κ3) is 3.79. The van der Waals surface area contributed by atoms with Gasteiger partial charge in [0.2, 0.25) is 0 Å². The van der Waals surface area contributed by atoms with Gasteiger partial charge in [-0.1, -0.05) is 12.1 Å². The summed E-state index contributed by atoms with van der Waals surface area (Å²) in [7, 11) is 0. The van der Waals surface area contributed by atoms with Gasteiger partial charge in [0, 0.05) is 18.0 Å². The Morgan fingerprint density at radius 1 is 1.38 bits per heavy atom. The maximum absolute atomic E-state index is 12.7. The van der Waals surface area contributed by atoms with E-state index in [-0.39, 0.29) is 17.8 Å². The highest BCUT2D eigenvalue weighted by Crippen LogP contribution is 2.24. The first kappa shape index (κ1) is 15.9. The zero-order valence-corrected chi connectivity index (χ0v) is 13.3. The number of esters is 1. The summed E-state index contributed by atoms with van der Waals surface area (Å²) in [5, 5.41) is 0. The maximum Gasteiger partial charge on any atom is 0.310 e. The van der Waals surface area contributed by atoms with Crippen molar-refractivity contribution < 1.29 is 14.3 Å². The van der Waals surface area contributed by atoms with Crippen LogP contribution in [0.15, 0.2) is 29.2 Å². The van der Waals surface area contributed by atoms with Crippen LogP contribution in [-0.2, 0) is 9.53 Å². The van der Waals surface area contributed by atoms with Gasteiger partial charge in [0.05, 0.1) is 18.1 Å². The smallest absolute Gasteiger partial charge is 0.310 e. The van der Waals surface area contributed by atoms with Gasteiger partial charge in [0.15, 0.2) is 0 Å². The molecule has 1 aromatic carbocycles. The molecule has 0 aliphatic carbocycles. The lowest BCUT2D eigenvalue weighted by atomic mass is 9.97. The molecule has 1 atom stereocenters. The van der Waals surface area contributed by atoms with Crippen molar-refractivity contribution in [3.63, 3.8) is 0 Å². The van der Waals surface area contributed by atoms with E-state index in [9.17, 15) is 9.59 Å². The van der Waals surface area contributed by atoms with Crippen LogP contribution in [-0.4, -0.2) is 42.7 Å². The monoisotopic (exact) mass is 307 g/mol. The molecule has 0 N–H and O–H groups in total. The number of hydrogen-bond donors (Lipinski definition) is 0. The minimum Gasteiger partial charge on any atom is -0.466 e. The zero-order chi connectivity index (χ0) is 15.2. The lowest BCUT2D eigenvalue weighted by Gasteiger charge is -2.32. The van der Waals surface area contributed by atoms with E-state index in [0.29, 0.717) is 19.7 Å². The predicted molar refractivity (Wildman–Crippen MR) is 83.5 cm³/mol. The van der Waals surface area contributed by atoms with E-state index in [1.165, 1.54) is 0 Å². The third-order valence-electron chi connectivity index (χ3n) is 3.67. The fourth-order valence-corrected chi connectivity index (χ4v) is 3.20. The van der Waals surface area contributed by atoms with Crippen LogP contribution in [0.1, 0.15) is 30.1 Å². The molecule has 1 aromatic rings. The van der Waals surface area contributed by atoms with E-state index in [0.717, 1.165) is 23.3 Å². The minimum atomic E-state index is -0.191. The van der Waals surface area contributed by atoms with Crippen molar-refractivity contribution in [3.8, 4) is 0 Å². The van der Waals surface area contributed by atoms with Crippen molar-refractivity contribution in [1.29, 1.82) is 0 Å². The van der Waals surface area contributed by atoms with Gasteiger partial charge < -0.3 is 9.64 Å². The summed E-state index contributed by atoms with van der Waals surface area (Å²) in [5.41, 5.74) is 0.717. The van der Waals surface area contributed by atoms with Crippen LogP contribution < -0.4 is 0 Å². The number of likely N-dealkylation sites (tertiary alicyclic amines) is 1. The van der Waals surface area contributed by atoms with Crippen molar-refractivity contribution >= 4 is 23.6 Å². The number of benzene rings is 1. The van der Waals surface area contributed by atoms with Crippen molar-refractivity contribution in [2.75, 3.05) is 26.0 Å². The van der Waals surface area contributed by atoms with Crippen LogP contribution >= 0.6 is 11.8 Å². The third-order valence-corrected chi connectivity index (χ3v) is 4.46. The SMILES string of the molecule is CCOC(=O)[C@H]1CCCN(C(=O)c2ccccc2SC)C1. The molecule has 5 heteroatoms. The van der Waals surface area contributed by atoms with Gasteiger partial charge in [-0.15, -0.1) is 11.8 Å². The first-order chi connectivity index (χ1) is 10.2. The number of thioether (sulfide) groups is 1. The Morgan fingerprint density at radius 3 is 2.86 bits per heavy atom. The van der Waals surface area contributed by atoms with Crippen LogP contribution in [0.5, 0.6) is 0 Å². The lowest BCUT2D eigenvalue weighted by molar-refractivity contribution is -0.149. The van der Waals surface area contributed by atoms with Crippen molar-refractivity contribution in [3.05, 3.63) is 29.8 Å². The highest BCUT2D eigenvalue weighted by molar-refractivity contribution is 7.98. The Morgan fingerprint density at radius 2 is 2.14 bits per heavy atom. The first-order valence-electron chi connectivity index (χ1n) is 7.26. The molecule has 0 aromatic heterocycles. The highest BCUT2D eigenvalue weighted by Gasteiger charge is 2.30. The molecule has 0 radical (unpaired) electrons. The lowest BCUT2D eigenvalue weighted by Crippen LogP contribution is -2.43. The molecule has 1 amide bonds. The molecule has 4 nitrogen and oxygen atoms in total. The summed E-state index contributed by atoms with van der Waals surface area (Å²) in [4.78, 5) is 27.3. The number of nitrogens with zero attached hydrogens (tertiary/aromatic N) is 1. The minimum absolute atomic E-state index is 0.00829. The van der Waals surface area contributed by atoms with E-state index < -0.39 is 0 Å². The Kier molecular flexibility index (Phi) is 5.67. The van der Waals surface area contributed by atoms with Gasteiger partial charge in [0.25, 0.3) is 5.91 Å². The molecule has 1 saturated heterocycles. The molecule has 1 heterocycles. The Bertz CT molecular complexity index is 518. The van der Waals surface area contributed by atoms with Crippen molar-refractivity contribution in [1.82, 2.24) is 4.90 Å². The number of ether oxygens (including phenoxy) is 1. The molecule has 1 aliphatic heterocycles. The molecule has 2 rings (SSSR count). The zero-order valence-electron chi connectivity index (χ0n) is 12.5. The number of piperidine rings is 1. The summed E-state index contributed by atoms with van der Waals surface area (Å²) in [5.74, 6) is -0.369. The molecule has 0 spiro atoms. The summed E-state index contributed by atoms with van der Waals surface area (Å²) in [6.45, 7) is 3.36. The van der Waals surface area contributed by atoms with Crippen LogP contribution in [0.3, 0.4) is 0 Å². The van der Waals surface area contributed by atoms with Gasteiger partial charge in [-0.05, 0) is 38.2 Å². The number of carbonyl (C=O) groups excluding carboxylic acids is 2. The highest BCUT2D eigenvalue weighted by atomic mass is 32.2. The number of carbonyl (C=O) groups is 2. The van der Waals surface area contributed by atoms with Gasteiger partial charge in [-0.25, -0.2) is 0 Å². The summed E-state index contributed by atoms with van der Waals surface area (Å²) >= 11 is 1.56. The molecule has 0 bridgehead atoms. The van der Waals surface area contributed by atoms with Gasteiger partial charge in [-0.2, -0.15) is 0 Å². The molecular formula is C16H21NO3S. The molecule has 0 saturated carbocycles. The summed E-state index contributed by atoms with van der Waals surface area (Å²) < 4.78 is 5.08. The second kappa shape index (κ2) is 7.50.